The van der Waals surface area contributed by atoms with Crippen LogP contribution in [-0.2, 0) is 17.6 Å². The van der Waals surface area contributed by atoms with Gasteiger partial charge in [-0.2, -0.15) is 0 Å². The van der Waals surface area contributed by atoms with Crippen molar-refractivity contribution in [3.8, 4) is 0 Å². The average molecular weight is 268 g/mol. The molecule has 0 N–H and O–H groups in total. The predicted molar refractivity (Wildman–Crippen MR) is 81.4 cm³/mol. The minimum atomic E-state index is 0.823. The lowest BCUT2D eigenvalue weighted by molar-refractivity contribution is 0.122. The summed E-state index contributed by atoms with van der Waals surface area (Å²) in [6, 6.07) is 8.60. The normalized spacial score (nSPS) is 19.1. The van der Waals surface area contributed by atoms with Crippen LogP contribution in [0.4, 0.5) is 5.82 Å². The molecule has 2 aliphatic rings. The molecule has 4 rings (SSSR count). The van der Waals surface area contributed by atoms with E-state index >= 15 is 0 Å². The summed E-state index contributed by atoms with van der Waals surface area (Å²) in [5, 5.41) is 1.36. The standard InChI is InChI=1S/C17H20N2O/c1-2-7-15-13(5-1)14-6-3-4-8-16(14)18-17(15)19-9-11-20-12-10-19/h3-4,6,8H,1-2,5,7,9-12H2. The van der Waals surface area contributed by atoms with Crippen molar-refractivity contribution in [1.29, 1.82) is 0 Å². The van der Waals surface area contributed by atoms with Crippen LogP contribution in [0.25, 0.3) is 10.9 Å². The predicted octanol–water partition coefficient (Wildman–Crippen LogP) is 2.95. The van der Waals surface area contributed by atoms with Gasteiger partial charge in [0.25, 0.3) is 0 Å². The summed E-state index contributed by atoms with van der Waals surface area (Å²) in [7, 11) is 0. The van der Waals surface area contributed by atoms with E-state index in [1.54, 1.807) is 5.56 Å². The van der Waals surface area contributed by atoms with Crippen molar-refractivity contribution in [2.45, 2.75) is 25.7 Å². The summed E-state index contributed by atoms with van der Waals surface area (Å²) < 4.78 is 5.48. The van der Waals surface area contributed by atoms with Gasteiger partial charge in [-0.3, -0.25) is 0 Å². The fraction of sp³-hybridized carbons (Fsp3) is 0.471. The number of nitrogens with zero attached hydrogens (tertiary/aromatic N) is 2. The third-order valence-electron chi connectivity index (χ3n) is 4.50. The van der Waals surface area contributed by atoms with Crippen LogP contribution in [0.3, 0.4) is 0 Å². The Hall–Kier alpha value is -1.61. The molecule has 3 nitrogen and oxygen atoms in total. The number of pyridine rings is 1. The molecular formula is C17H20N2O. The zero-order chi connectivity index (χ0) is 13.4. The van der Waals surface area contributed by atoms with E-state index in [1.807, 2.05) is 0 Å². The first-order valence-corrected chi connectivity index (χ1v) is 7.67. The van der Waals surface area contributed by atoms with Gasteiger partial charge in [-0.25, -0.2) is 4.98 Å². The Morgan fingerprint density at radius 1 is 0.950 bits per heavy atom. The molecule has 3 heteroatoms. The second-order valence-electron chi connectivity index (χ2n) is 5.72. The summed E-state index contributed by atoms with van der Waals surface area (Å²) in [4.78, 5) is 7.40. The monoisotopic (exact) mass is 268 g/mol. The maximum atomic E-state index is 5.48. The van der Waals surface area contributed by atoms with E-state index in [0.717, 1.165) is 31.8 Å². The van der Waals surface area contributed by atoms with Gasteiger partial charge in [0.2, 0.25) is 0 Å². The molecule has 0 saturated carbocycles. The quantitative estimate of drug-likeness (QED) is 0.795. The number of aryl methyl sites for hydroxylation is 1. The number of ether oxygens (including phenoxy) is 1. The first-order valence-electron chi connectivity index (χ1n) is 7.67. The van der Waals surface area contributed by atoms with Crippen LogP contribution in [0.2, 0.25) is 0 Å². The summed E-state index contributed by atoms with van der Waals surface area (Å²) in [6.45, 7) is 3.59. The van der Waals surface area contributed by atoms with Gasteiger partial charge < -0.3 is 9.64 Å². The molecule has 1 aromatic heterocycles. The highest BCUT2D eigenvalue weighted by Gasteiger charge is 2.22. The Morgan fingerprint density at radius 2 is 1.70 bits per heavy atom. The van der Waals surface area contributed by atoms with Gasteiger partial charge >= 0.3 is 0 Å². The van der Waals surface area contributed by atoms with Crippen LogP contribution in [0.15, 0.2) is 24.3 Å². The molecule has 1 saturated heterocycles. The van der Waals surface area contributed by atoms with Crippen molar-refractivity contribution in [2.75, 3.05) is 31.2 Å². The molecule has 2 aromatic rings. The first-order chi connectivity index (χ1) is 9.93. The number of anilines is 1. The Labute approximate surface area is 119 Å². The SMILES string of the molecule is c1ccc2c3c(c(N4CCOCC4)nc2c1)CCCC3. The number of hydrogen-bond donors (Lipinski definition) is 0. The molecule has 0 radical (unpaired) electrons. The molecule has 0 atom stereocenters. The largest absolute Gasteiger partial charge is 0.378 e. The van der Waals surface area contributed by atoms with E-state index in [1.165, 1.54) is 42.5 Å². The van der Waals surface area contributed by atoms with Crippen molar-refractivity contribution >= 4 is 16.7 Å². The first kappa shape index (κ1) is 12.2. The van der Waals surface area contributed by atoms with Crippen molar-refractivity contribution in [3.05, 3.63) is 35.4 Å². The van der Waals surface area contributed by atoms with Gasteiger partial charge in [0.15, 0.2) is 0 Å². The van der Waals surface area contributed by atoms with E-state index in [2.05, 4.69) is 29.2 Å². The molecule has 0 bridgehead atoms. The summed E-state index contributed by atoms with van der Waals surface area (Å²) in [5.41, 5.74) is 4.19. The maximum absolute atomic E-state index is 5.48. The smallest absolute Gasteiger partial charge is 0.132 e. The molecule has 1 aromatic carbocycles. The lowest BCUT2D eigenvalue weighted by atomic mass is 9.89. The van der Waals surface area contributed by atoms with E-state index in [4.69, 9.17) is 9.72 Å². The van der Waals surface area contributed by atoms with E-state index in [0.29, 0.717) is 0 Å². The average Bonchev–Trinajstić information content (AvgIpc) is 2.55. The van der Waals surface area contributed by atoms with Crippen LogP contribution in [0.5, 0.6) is 0 Å². The minimum absolute atomic E-state index is 0.823. The van der Waals surface area contributed by atoms with Crippen LogP contribution >= 0.6 is 0 Å². The molecule has 20 heavy (non-hydrogen) atoms. The van der Waals surface area contributed by atoms with E-state index in [-0.39, 0.29) is 0 Å². The van der Waals surface area contributed by atoms with Gasteiger partial charge in [0.05, 0.1) is 18.7 Å². The van der Waals surface area contributed by atoms with Crippen LogP contribution in [-0.4, -0.2) is 31.3 Å². The zero-order valence-corrected chi connectivity index (χ0v) is 11.8. The highest BCUT2D eigenvalue weighted by Crippen LogP contribution is 2.34. The maximum Gasteiger partial charge on any atom is 0.132 e. The van der Waals surface area contributed by atoms with Gasteiger partial charge in [-0.05, 0) is 42.9 Å². The van der Waals surface area contributed by atoms with Crippen molar-refractivity contribution < 1.29 is 4.74 Å². The second-order valence-corrected chi connectivity index (χ2v) is 5.72. The highest BCUT2D eigenvalue weighted by atomic mass is 16.5. The summed E-state index contributed by atoms with van der Waals surface area (Å²) >= 11 is 0. The Morgan fingerprint density at radius 3 is 2.55 bits per heavy atom. The lowest BCUT2D eigenvalue weighted by Crippen LogP contribution is -2.37. The number of fused-ring (bicyclic) bond motifs is 3. The number of rotatable bonds is 1. The highest BCUT2D eigenvalue weighted by molar-refractivity contribution is 5.86. The van der Waals surface area contributed by atoms with Gasteiger partial charge in [0, 0.05) is 18.5 Å². The van der Waals surface area contributed by atoms with Crippen molar-refractivity contribution in [1.82, 2.24) is 4.98 Å². The summed E-state index contributed by atoms with van der Waals surface area (Å²) in [5.74, 6) is 1.22. The topological polar surface area (TPSA) is 25.4 Å². The number of benzene rings is 1. The van der Waals surface area contributed by atoms with E-state index in [9.17, 15) is 0 Å². The second kappa shape index (κ2) is 5.06. The molecule has 0 amide bonds. The fourth-order valence-electron chi connectivity index (χ4n) is 3.49. The van der Waals surface area contributed by atoms with Crippen molar-refractivity contribution in [2.24, 2.45) is 0 Å². The fourth-order valence-corrected chi connectivity index (χ4v) is 3.49. The molecule has 0 spiro atoms. The molecule has 1 aliphatic heterocycles. The van der Waals surface area contributed by atoms with Crippen LogP contribution in [0.1, 0.15) is 24.0 Å². The third kappa shape index (κ3) is 1.97. The third-order valence-corrected chi connectivity index (χ3v) is 4.50. The van der Waals surface area contributed by atoms with Crippen LogP contribution in [0, 0.1) is 0 Å². The molecule has 2 heterocycles. The Kier molecular flexibility index (Phi) is 3.07. The van der Waals surface area contributed by atoms with Gasteiger partial charge in [0.1, 0.15) is 5.82 Å². The molecule has 0 unspecified atom stereocenters. The van der Waals surface area contributed by atoms with Gasteiger partial charge in [-0.1, -0.05) is 18.2 Å². The lowest BCUT2D eigenvalue weighted by Gasteiger charge is -2.32. The number of aromatic nitrogens is 1. The molecule has 1 fully saturated rings. The van der Waals surface area contributed by atoms with Gasteiger partial charge in [-0.15, -0.1) is 0 Å². The molecule has 104 valence electrons. The molecular weight excluding hydrogens is 248 g/mol. The number of para-hydroxylation sites is 1. The Bertz CT molecular complexity index is 632. The molecule has 1 aliphatic carbocycles. The number of morpholine rings is 1. The minimum Gasteiger partial charge on any atom is -0.378 e. The van der Waals surface area contributed by atoms with E-state index < -0.39 is 0 Å². The zero-order valence-electron chi connectivity index (χ0n) is 11.8. The summed E-state index contributed by atoms with van der Waals surface area (Å²) in [6.07, 6.45) is 4.99. The van der Waals surface area contributed by atoms with Crippen LogP contribution < -0.4 is 4.90 Å². The Balaban J connectivity index is 1.90. The van der Waals surface area contributed by atoms with Crippen molar-refractivity contribution in [3.63, 3.8) is 0 Å². The number of hydrogen-bond acceptors (Lipinski definition) is 3.